The molecule has 9 heteroatoms. The van der Waals surface area contributed by atoms with Crippen molar-refractivity contribution in [1.29, 1.82) is 0 Å². The van der Waals surface area contributed by atoms with Crippen LogP contribution in [-0.4, -0.2) is 40.8 Å². The van der Waals surface area contributed by atoms with Crippen molar-refractivity contribution in [2.45, 2.75) is 0 Å². The summed E-state index contributed by atoms with van der Waals surface area (Å²) in [6.07, 6.45) is 3.00. The van der Waals surface area contributed by atoms with Gasteiger partial charge in [0.15, 0.2) is 11.5 Å². The smallest absolute Gasteiger partial charge is 0.280 e. The van der Waals surface area contributed by atoms with E-state index in [1.165, 1.54) is 37.3 Å². The average molecular weight is 366 g/mol. The van der Waals surface area contributed by atoms with Gasteiger partial charge in [-0.2, -0.15) is 0 Å². The van der Waals surface area contributed by atoms with Crippen LogP contribution in [0.1, 0.15) is 5.56 Å². The van der Waals surface area contributed by atoms with Gasteiger partial charge >= 0.3 is 0 Å². The molecule has 0 atom stereocenters. The van der Waals surface area contributed by atoms with Gasteiger partial charge in [-0.3, -0.25) is 19.8 Å². The largest absolute Gasteiger partial charge is 0.493 e. The summed E-state index contributed by atoms with van der Waals surface area (Å²) >= 11 is 6.24. The van der Waals surface area contributed by atoms with E-state index in [2.05, 4.69) is 6.58 Å². The summed E-state index contributed by atoms with van der Waals surface area (Å²) in [5, 5.41) is 11.3. The van der Waals surface area contributed by atoms with E-state index in [9.17, 15) is 14.9 Å². The normalized spacial score (nSPS) is 15.8. The van der Waals surface area contributed by atoms with Gasteiger partial charge in [-0.25, -0.2) is 0 Å². The number of benzene rings is 1. The minimum Gasteiger partial charge on any atom is -0.493 e. The first-order chi connectivity index (χ1) is 11.4. The highest BCUT2D eigenvalue weighted by Crippen LogP contribution is 2.38. The van der Waals surface area contributed by atoms with Gasteiger partial charge in [0.05, 0.1) is 35.7 Å². The van der Waals surface area contributed by atoms with Gasteiger partial charge in [-0.15, -0.1) is 6.58 Å². The molecule has 1 aliphatic heterocycles. The fraction of sp³-hybridized carbons (Fsp3) is 0.200. The molecule has 126 valence electrons. The van der Waals surface area contributed by atoms with Crippen LogP contribution in [0.5, 0.6) is 11.5 Å². The van der Waals surface area contributed by atoms with Crippen molar-refractivity contribution in [3.05, 3.63) is 45.4 Å². The molecule has 0 bridgehead atoms. The molecule has 0 unspecified atom stereocenters. The number of nitro groups is 1. The van der Waals surface area contributed by atoms with Crippen molar-refractivity contribution >= 4 is 46.0 Å². The minimum absolute atomic E-state index is 0.193. The highest BCUT2D eigenvalue weighted by Gasteiger charge is 2.32. The molecule has 0 spiro atoms. The van der Waals surface area contributed by atoms with Crippen molar-refractivity contribution in [2.75, 3.05) is 20.8 Å². The summed E-state index contributed by atoms with van der Waals surface area (Å²) in [5.41, 5.74) is 0.0402. The summed E-state index contributed by atoms with van der Waals surface area (Å²) < 4.78 is 10.6. The fourth-order valence-corrected chi connectivity index (χ4v) is 3.35. The Kier molecular flexibility index (Phi) is 5.58. The Morgan fingerprint density at radius 2 is 2.00 bits per heavy atom. The second kappa shape index (κ2) is 7.45. The van der Waals surface area contributed by atoms with Crippen LogP contribution in [-0.2, 0) is 4.79 Å². The van der Waals surface area contributed by atoms with E-state index < -0.39 is 4.92 Å². The molecule has 24 heavy (non-hydrogen) atoms. The molecule has 1 aromatic carbocycles. The number of thiocarbonyl (C=S) groups is 1. The number of thioether (sulfide) groups is 1. The van der Waals surface area contributed by atoms with Crippen LogP contribution in [0.2, 0.25) is 0 Å². The summed E-state index contributed by atoms with van der Waals surface area (Å²) in [6, 6.07) is 2.71. The molecule has 1 aliphatic rings. The highest BCUT2D eigenvalue weighted by molar-refractivity contribution is 8.26. The zero-order valence-electron chi connectivity index (χ0n) is 13.0. The number of methoxy groups -OCH3 is 2. The van der Waals surface area contributed by atoms with Crippen LogP contribution < -0.4 is 9.47 Å². The average Bonchev–Trinajstić information content (AvgIpc) is 2.82. The van der Waals surface area contributed by atoms with Crippen molar-refractivity contribution in [3.63, 3.8) is 0 Å². The van der Waals surface area contributed by atoms with Crippen molar-refractivity contribution in [2.24, 2.45) is 0 Å². The molecule has 0 aliphatic carbocycles. The molecular weight excluding hydrogens is 352 g/mol. The van der Waals surface area contributed by atoms with Crippen LogP contribution in [0.3, 0.4) is 0 Å². The van der Waals surface area contributed by atoms with Gasteiger partial charge in [0.1, 0.15) is 4.32 Å². The Morgan fingerprint density at radius 1 is 1.38 bits per heavy atom. The predicted octanol–water partition coefficient (Wildman–Crippen LogP) is 3.00. The van der Waals surface area contributed by atoms with Crippen LogP contribution in [0, 0.1) is 10.1 Å². The molecule has 1 aromatic rings. The maximum absolute atomic E-state index is 12.3. The first-order valence-corrected chi connectivity index (χ1v) is 7.92. The third-order valence-corrected chi connectivity index (χ3v) is 4.58. The van der Waals surface area contributed by atoms with Crippen LogP contribution >= 0.6 is 24.0 Å². The molecule has 0 radical (unpaired) electrons. The zero-order chi connectivity index (χ0) is 17.9. The molecule has 1 fully saturated rings. The lowest BCUT2D eigenvalue weighted by Crippen LogP contribution is -2.27. The summed E-state index contributed by atoms with van der Waals surface area (Å²) in [4.78, 5) is 24.8. The molecule has 1 heterocycles. The van der Waals surface area contributed by atoms with E-state index >= 15 is 0 Å². The highest BCUT2D eigenvalue weighted by atomic mass is 32.2. The summed E-state index contributed by atoms with van der Waals surface area (Å²) in [5.74, 6) is 0.255. The zero-order valence-corrected chi connectivity index (χ0v) is 14.6. The lowest BCUT2D eigenvalue weighted by atomic mass is 10.1. The Labute approximate surface area is 148 Å². The van der Waals surface area contributed by atoms with Gasteiger partial charge in [-0.1, -0.05) is 30.1 Å². The second-order valence-electron chi connectivity index (χ2n) is 4.60. The van der Waals surface area contributed by atoms with E-state index in [1.54, 1.807) is 6.08 Å². The van der Waals surface area contributed by atoms with E-state index in [-0.39, 0.29) is 29.5 Å². The van der Waals surface area contributed by atoms with E-state index in [1.807, 2.05) is 0 Å². The Hall–Kier alpha value is -2.39. The van der Waals surface area contributed by atoms with Gasteiger partial charge in [0.25, 0.3) is 11.6 Å². The molecule has 1 amide bonds. The van der Waals surface area contributed by atoms with E-state index in [0.29, 0.717) is 15.0 Å². The monoisotopic (exact) mass is 366 g/mol. The quantitative estimate of drug-likeness (QED) is 0.252. The lowest BCUT2D eigenvalue weighted by molar-refractivity contribution is -0.385. The molecule has 0 N–H and O–H groups in total. The first kappa shape index (κ1) is 18.0. The molecule has 0 saturated carbocycles. The predicted molar refractivity (Wildman–Crippen MR) is 96.3 cm³/mol. The van der Waals surface area contributed by atoms with Gasteiger partial charge in [0, 0.05) is 6.54 Å². The van der Waals surface area contributed by atoms with Gasteiger partial charge in [0.2, 0.25) is 0 Å². The number of rotatable bonds is 6. The maximum Gasteiger partial charge on any atom is 0.280 e. The molecule has 7 nitrogen and oxygen atoms in total. The lowest BCUT2D eigenvalue weighted by Gasteiger charge is -2.10. The Balaban J connectivity index is 2.52. The van der Waals surface area contributed by atoms with Crippen molar-refractivity contribution in [3.8, 4) is 11.5 Å². The van der Waals surface area contributed by atoms with Crippen molar-refractivity contribution < 1.29 is 19.2 Å². The topological polar surface area (TPSA) is 81.9 Å². The van der Waals surface area contributed by atoms with Crippen LogP contribution in [0.15, 0.2) is 29.7 Å². The first-order valence-electron chi connectivity index (χ1n) is 6.69. The third-order valence-electron chi connectivity index (χ3n) is 3.20. The molecule has 2 rings (SSSR count). The SMILES string of the molecule is C=CCN1C(=O)C(=Cc2cc(OC)c(OC)cc2[N+](=O)[O-])SC1=S. The third kappa shape index (κ3) is 3.41. The standard InChI is InChI=1S/C15H14N2O5S2/c1-4-5-16-14(18)13(24-15(16)23)7-9-6-11(21-2)12(22-3)8-10(9)17(19)20/h4,6-8H,1,5H2,2-3H3. The number of nitro benzene ring substituents is 1. The molecular formula is C15H14N2O5S2. The minimum atomic E-state index is -0.543. The fourth-order valence-electron chi connectivity index (χ4n) is 2.09. The number of hydrogen-bond donors (Lipinski definition) is 0. The summed E-state index contributed by atoms with van der Waals surface area (Å²) in [6.45, 7) is 3.87. The molecule has 1 saturated heterocycles. The van der Waals surface area contributed by atoms with Gasteiger partial charge < -0.3 is 9.47 Å². The number of nitrogens with zero attached hydrogens (tertiary/aromatic N) is 2. The Bertz CT molecular complexity index is 760. The van der Waals surface area contributed by atoms with Crippen LogP contribution in [0.4, 0.5) is 5.69 Å². The van der Waals surface area contributed by atoms with Gasteiger partial charge in [-0.05, 0) is 12.1 Å². The van der Waals surface area contributed by atoms with E-state index in [0.717, 1.165) is 11.8 Å². The van der Waals surface area contributed by atoms with Crippen LogP contribution in [0.25, 0.3) is 6.08 Å². The van der Waals surface area contributed by atoms with Crippen molar-refractivity contribution in [1.82, 2.24) is 4.90 Å². The molecule has 0 aromatic heterocycles. The maximum atomic E-state index is 12.3. The number of amides is 1. The number of carbonyl (C=O) groups is 1. The number of carbonyl (C=O) groups excluding carboxylic acids is 1. The number of hydrogen-bond acceptors (Lipinski definition) is 7. The Morgan fingerprint density at radius 3 is 2.54 bits per heavy atom. The number of ether oxygens (including phenoxy) is 2. The van der Waals surface area contributed by atoms with E-state index in [4.69, 9.17) is 21.7 Å². The second-order valence-corrected chi connectivity index (χ2v) is 6.28. The summed E-state index contributed by atoms with van der Waals surface area (Å²) in [7, 11) is 2.82.